The molecule has 4 rings (SSSR count). The summed E-state index contributed by atoms with van der Waals surface area (Å²) in [6.45, 7) is 4.24. The number of H-pyrrole nitrogens is 1. The second kappa shape index (κ2) is 10.1. The van der Waals surface area contributed by atoms with Crippen LogP contribution >= 0.6 is 11.3 Å². The van der Waals surface area contributed by atoms with Crippen LogP contribution in [0.15, 0.2) is 29.1 Å². The topological polar surface area (TPSA) is 142 Å². The number of halogens is 1. The van der Waals surface area contributed by atoms with E-state index < -0.39 is 0 Å². The Labute approximate surface area is 204 Å². The molecule has 35 heavy (non-hydrogen) atoms. The van der Waals surface area contributed by atoms with E-state index in [1.54, 1.807) is 0 Å². The minimum Gasteiger partial charge on any atom is -0.382 e. The summed E-state index contributed by atoms with van der Waals surface area (Å²) in [6.07, 6.45) is 1.50. The van der Waals surface area contributed by atoms with E-state index in [1.807, 2.05) is 13.8 Å². The van der Waals surface area contributed by atoms with Crippen LogP contribution < -0.4 is 16.6 Å². The Balaban J connectivity index is 1.31. The number of nitrogens with zero attached hydrogens (tertiary/aromatic N) is 4. The number of nitrogens with two attached hydrogens (primary N) is 1. The molecule has 0 fully saturated rings. The van der Waals surface area contributed by atoms with E-state index >= 15 is 0 Å². The van der Waals surface area contributed by atoms with E-state index in [9.17, 15) is 19.2 Å². The largest absolute Gasteiger partial charge is 0.382 e. The van der Waals surface area contributed by atoms with Gasteiger partial charge in [0, 0.05) is 24.3 Å². The van der Waals surface area contributed by atoms with E-state index in [1.165, 1.54) is 40.3 Å². The first-order valence-corrected chi connectivity index (χ1v) is 11.9. The zero-order valence-corrected chi connectivity index (χ0v) is 20.1. The van der Waals surface area contributed by atoms with Crippen molar-refractivity contribution < 1.29 is 9.18 Å². The van der Waals surface area contributed by atoms with Crippen LogP contribution in [0, 0.1) is 31.0 Å². The minimum atomic E-state index is -0.379. The maximum absolute atomic E-state index is 13.2. The van der Waals surface area contributed by atoms with Crippen LogP contribution in [0.2, 0.25) is 0 Å². The average Bonchev–Trinajstić information content (AvgIpc) is 3.30. The second-order valence-electron chi connectivity index (χ2n) is 8.14. The number of aromatic nitrogens is 4. The quantitative estimate of drug-likeness (QED) is 0.322. The van der Waals surface area contributed by atoms with Crippen molar-refractivity contribution in [3.63, 3.8) is 0 Å². The fourth-order valence-electron chi connectivity index (χ4n) is 3.78. The lowest BCUT2D eigenvalue weighted by Gasteiger charge is -2.05. The zero-order valence-electron chi connectivity index (χ0n) is 19.3. The van der Waals surface area contributed by atoms with Gasteiger partial charge in [-0.3, -0.25) is 9.59 Å². The molecule has 0 atom stereocenters. The first-order chi connectivity index (χ1) is 16.8. The van der Waals surface area contributed by atoms with Crippen LogP contribution in [-0.4, -0.2) is 32.2 Å². The van der Waals surface area contributed by atoms with E-state index in [0.717, 1.165) is 10.4 Å². The van der Waals surface area contributed by atoms with Gasteiger partial charge in [-0.25, -0.2) is 14.1 Å². The second-order valence-corrected chi connectivity index (χ2v) is 9.34. The Morgan fingerprint density at radius 1 is 1.29 bits per heavy atom. The summed E-state index contributed by atoms with van der Waals surface area (Å²) >= 11 is 1.47. The summed E-state index contributed by atoms with van der Waals surface area (Å²) in [7, 11) is 0. The van der Waals surface area contributed by atoms with Gasteiger partial charge in [-0.1, -0.05) is 0 Å². The lowest BCUT2D eigenvalue weighted by Crippen LogP contribution is -2.25. The molecule has 1 aromatic carbocycles. The third-order valence-corrected chi connectivity index (χ3v) is 6.87. The predicted molar refractivity (Wildman–Crippen MR) is 132 cm³/mol. The van der Waals surface area contributed by atoms with Gasteiger partial charge in [0.05, 0.1) is 16.8 Å². The van der Waals surface area contributed by atoms with Crippen molar-refractivity contribution in [3.8, 4) is 11.8 Å². The van der Waals surface area contributed by atoms with Gasteiger partial charge < -0.3 is 16.0 Å². The Morgan fingerprint density at radius 3 is 2.74 bits per heavy atom. The Kier molecular flexibility index (Phi) is 6.93. The Bertz CT molecular complexity index is 1500. The molecular formula is C24H24FN7O2S. The number of hydrogen-bond donors (Lipinski definition) is 3. The minimum absolute atomic E-state index is 0.164. The van der Waals surface area contributed by atoms with E-state index in [2.05, 4.69) is 26.5 Å². The maximum Gasteiger partial charge on any atom is 0.259 e. The van der Waals surface area contributed by atoms with Gasteiger partial charge in [0.2, 0.25) is 5.91 Å². The molecule has 0 radical (unpaired) electrons. The van der Waals surface area contributed by atoms with Gasteiger partial charge in [-0.05, 0) is 56.5 Å². The third kappa shape index (κ3) is 5.07. The first kappa shape index (κ1) is 24.1. The standard InChI is InChI=1S/C24H24FN7O2S/c1-13-14(2)35-24-21(13)23(34)29-19(30-24)9-10-20(33)28-11-3-4-18-17(12-26)22(27)32(31-18)16-7-5-15(25)6-8-16/h5-8H,3-4,9-11,27H2,1-2H3,(H,28,33)(H,29,30,34). The van der Waals surface area contributed by atoms with Crippen molar-refractivity contribution >= 4 is 33.3 Å². The molecule has 3 heterocycles. The molecule has 3 aromatic heterocycles. The maximum atomic E-state index is 13.2. The van der Waals surface area contributed by atoms with Crippen LogP contribution in [0.5, 0.6) is 0 Å². The molecule has 180 valence electrons. The lowest BCUT2D eigenvalue weighted by molar-refractivity contribution is -0.121. The van der Waals surface area contributed by atoms with Crippen LogP contribution in [0.25, 0.3) is 15.9 Å². The number of fused-ring (bicyclic) bond motifs is 1. The fraction of sp³-hybridized carbons (Fsp3) is 0.292. The molecule has 4 N–H and O–H groups in total. The van der Waals surface area contributed by atoms with Crippen LogP contribution in [0.1, 0.15) is 40.4 Å². The van der Waals surface area contributed by atoms with Crippen molar-refractivity contribution in [1.29, 1.82) is 5.26 Å². The van der Waals surface area contributed by atoms with Crippen molar-refractivity contribution in [2.24, 2.45) is 0 Å². The highest BCUT2D eigenvalue weighted by atomic mass is 32.1. The molecule has 0 saturated carbocycles. The molecule has 0 bridgehead atoms. The summed E-state index contributed by atoms with van der Waals surface area (Å²) in [6, 6.07) is 7.73. The number of aryl methyl sites for hydroxylation is 4. The van der Waals surface area contributed by atoms with Crippen molar-refractivity contribution in [2.45, 2.75) is 39.5 Å². The highest BCUT2D eigenvalue weighted by Crippen LogP contribution is 2.26. The predicted octanol–water partition coefficient (Wildman–Crippen LogP) is 3.06. The number of rotatable bonds is 8. The SMILES string of the molecule is Cc1sc2nc(CCC(=O)NCCCc3nn(-c4ccc(F)cc4)c(N)c3C#N)[nH]c(=O)c2c1C. The number of aromatic amines is 1. The van der Waals surface area contributed by atoms with E-state index in [-0.39, 0.29) is 35.1 Å². The summed E-state index contributed by atoms with van der Waals surface area (Å²) < 4.78 is 14.6. The normalized spacial score (nSPS) is 11.0. The van der Waals surface area contributed by atoms with Crippen LogP contribution in [-0.2, 0) is 17.6 Å². The van der Waals surface area contributed by atoms with Crippen molar-refractivity contribution in [1.82, 2.24) is 25.1 Å². The molecule has 0 saturated heterocycles. The molecule has 9 nitrogen and oxygen atoms in total. The summed E-state index contributed by atoms with van der Waals surface area (Å²) in [5.74, 6) is 0.130. The van der Waals surface area contributed by atoms with Crippen molar-refractivity contribution in [2.75, 3.05) is 12.3 Å². The number of nitrogens with one attached hydrogen (secondary N) is 2. The molecule has 4 aromatic rings. The highest BCUT2D eigenvalue weighted by molar-refractivity contribution is 7.18. The first-order valence-electron chi connectivity index (χ1n) is 11.1. The number of carbonyl (C=O) groups is 1. The van der Waals surface area contributed by atoms with E-state index in [4.69, 9.17) is 5.73 Å². The molecule has 0 aliphatic heterocycles. The summed E-state index contributed by atoms with van der Waals surface area (Å²) in [5, 5.41) is 17.3. The molecule has 1 amide bonds. The van der Waals surface area contributed by atoms with E-state index in [0.29, 0.717) is 53.2 Å². The Hall–Kier alpha value is -4.04. The number of thiophene rings is 1. The molecule has 11 heteroatoms. The fourth-order valence-corrected chi connectivity index (χ4v) is 4.82. The van der Waals surface area contributed by atoms with Crippen LogP contribution in [0.3, 0.4) is 0 Å². The number of nitrogen functional groups attached to an aromatic ring is 1. The summed E-state index contributed by atoms with van der Waals surface area (Å²) in [4.78, 5) is 33.6. The monoisotopic (exact) mass is 493 g/mol. The molecule has 0 aliphatic rings. The smallest absolute Gasteiger partial charge is 0.259 e. The third-order valence-electron chi connectivity index (χ3n) is 5.77. The average molecular weight is 494 g/mol. The Morgan fingerprint density at radius 2 is 2.03 bits per heavy atom. The van der Waals surface area contributed by atoms with Gasteiger partial charge in [-0.15, -0.1) is 11.3 Å². The van der Waals surface area contributed by atoms with Gasteiger partial charge in [0.1, 0.15) is 33.9 Å². The number of hydrogen-bond acceptors (Lipinski definition) is 7. The van der Waals surface area contributed by atoms with Gasteiger partial charge >= 0.3 is 0 Å². The molecule has 0 aliphatic carbocycles. The number of benzene rings is 1. The highest BCUT2D eigenvalue weighted by Gasteiger charge is 2.17. The summed E-state index contributed by atoms with van der Waals surface area (Å²) in [5.41, 5.74) is 8.16. The number of carbonyl (C=O) groups excluding carboxylic acids is 1. The van der Waals surface area contributed by atoms with Gasteiger partial charge in [0.15, 0.2) is 0 Å². The zero-order chi connectivity index (χ0) is 25.1. The molecular weight excluding hydrogens is 469 g/mol. The van der Waals surface area contributed by atoms with Gasteiger partial charge in [-0.2, -0.15) is 10.4 Å². The number of nitriles is 1. The molecule has 0 unspecified atom stereocenters. The van der Waals surface area contributed by atoms with Crippen LogP contribution in [0.4, 0.5) is 10.2 Å². The van der Waals surface area contributed by atoms with Crippen molar-refractivity contribution in [3.05, 3.63) is 68.0 Å². The number of anilines is 1. The lowest BCUT2D eigenvalue weighted by atomic mass is 10.1. The number of amides is 1. The molecule has 0 spiro atoms. The van der Waals surface area contributed by atoms with Gasteiger partial charge in [0.25, 0.3) is 5.56 Å².